The minimum atomic E-state index is -1.03. The first-order valence-electron chi connectivity index (χ1n) is 4.99. The van der Waals surface area contributed by atoms with Gasteiger partial charge in [-0.15, -0.1) is 0 Å². The molecule has 82 valence electrons. The Morgan fingerprint density at radius 3 is 2.88 bits per heavy atom. The molecule has 0 radical (unpaired) electrons. The van der Waals surface area contributed by atoms with Gasteiger partial charge >= 0.3 is 0 Å². The molecule has 2 aliphatic heterocycles. The number of alkyl halides is 2. The zero-order chi connectivity index (χ0) is 11.3. The number of rotatable bonds is 0. The molecule has 0 N–H and O–H groups in total. The molecule has 0 saturated carbocycles. The zero-order valence-electron chi connectivity index (χ0n) is 8.56. The lowest BCUT2D eigenvalue weighted by Gasteiger charge is -2.33. The molecule has 2 heterocycles. The second-order valence-electron chi connectivity index (χ2n) is 3.83. The summed E-state index contributed by atoms with van der Waals surface area (Å²) in [5, 5.41) is 0. The van der Waals surface area contributed by atoms with Crippen molar-refractivity contribution in [3.63, 3.8) is 0 Å². The third-order valence-corrected chi connectivity index (χ3v) is 3.77. The molecule has 5 heteroatoms. The molecule has 16 heavy (non-hydrogen) atoms. The van der Waals surface area contributed by atoms with Gasteiger partial charge in [0.25, 0.3) is 0 Å². The van der Waals surface area contributed by atoms with Crippen molar-refractivity contribution in [3.05, 3.63) is 24.3 Å². The summed E-state index contributed by atoms with van der Waals surface area (Å²) in [6.45, 7) is 1.89. The van der Waals surface area contributed by atoms with Crippen molar-refractivity contribution in [2.24, 2.45) is 9.98 Å². The van der Waals surface area contributed by atoms with Gasteiger partial charge in [-0.1, -0.05) is 35.3 Å². The van der Waals surface area contributed by atoms with Crippen molar-refractivity contribution in [2.75, 3.05) is 4.90 Å². The molecule has 0 aliphatic carbocycles. The highest BCUT2D eigenvalue weighted by atomic mass is 35.5. The summed E-state index contributed by atoms with van der Waals surface area (Å²) in [7, 11) is 0. The van der Waals surface area contributed by atoms with Crippen molar-refractivity contribution in [1.82, 2.24) is 0 Å². The van der Waals surface area contributed by atoms with Crippen LogP contribution in [-0.2, 0) is 0 Å². The van der Waals surface area contributed by atoms with Crippen LogP contribution in [0.4, 0.5) is 11.4 Å². The van der Waals surface area contributed by atoms with E-state index >= 15 is 0 Å². The van der Waals surface area contributed by atoms with Crippen molar-refractivity contribution >= 4 is 46.6 Å². The predicted molar refractivity (Wildman–Crippen MR) is 68.4 cm³/mol. The van der Waals surface area contributed by atoms with E-state index in [0.717, 1.165) is 17.2 Å². The van der Waals surface area contributed by atoms with E-state index < -0.39 is 4.46 Å². The largest absolute Gasteiger partial charge is 0.289 e. The van der Waals surface area contributed by atoms with Gasteiger partial charge in [-0.3, -0.25) is 14.9 Å². The highest BCUT2D eigenvalue weighted by Crippen LogP contribution is 2.45. The van der Waals surface area contributed by atoms with Gasteiger partial charge in [0, 0.05) is 0 Å². The number of amidine groups is 1. The molecule has 0 saturated heterocycles. The molecule has 2 aliphatic rings. The van der Waals surface area contributed by atoms with Crippen LogP contribution in [0, 0.1) is 0 Å². The summed E-state index contributed by atoms with van der Waals surface area (Å²) in [5.41, 5.74) is 1.76. The highest BCUT2D eigenvalue weighted by molar-refractivity contribution is 6.56. The fourth-order valence-corrected chi connectivity index (χ4v) is 2.39. The highest BCUT2D eigenvalue weighted by Gasteiger charge is 2.47. The maximum atomic E-state index is 6.33. The number of hydrogen-bond acceptors (Lipinski definition) is 3. The van der Waals surface area contributed by atoms with Crippen molar-refractivity contribution < 1.29 is 0 Å². The molecule has 1 unspecified atom stereocenters. The van der Waals surface area contributed by atoms with Crippen LogP contribution in [0.25, 0.3) is 0 Å². The maximum Gasteiger partial charge on any atom is 0.218 e. The van der Waals surface area contributed by atoms with E-state index in [-0.39, 0.29) is 6.04 Å². The summed E-state index contributed by atoms with van der Waals surface area (Å²) in [4.78, 5) is 10.5. The second kappa shape index (κ2) is 3.22. The average Bonchev–Trinajstić information content (AvgIpc) is 2.50. The Balaban J connectivity index is 2.20. The summed E-state index contributed by atoms with van der Waals surface area (Å²) < 4.78 is -1.03. The Morgan fingerprint density at radius 1 is 1.31 bits per heavy atom. The Hall–Kier alpha value is -1.06. The van der Waals surface area contributed by atoms with Gasteiger partial charge in [0.1, 0.15) is 11.9 Å². The zero-order valence-corrected chi connectivity index (χ0v) is 10.1. The van der Waals surface area contributed by atoms with E-state index in [1.54, 1.807) is 6.21 Å². The normalized spacial score (nSPS) is 25.1. The first kappa shape index (κ1) is 10.1. The topological polar surface area (TPSA) is 28.0 Å². The first-order chi connectivity index (χ1) is 7.60. The molecule has 1 aromatic carbocycles. The number of benzene rings is 1. The SMILES string of the molecule is CC1N=C2C=Nc3ccccc3N2C1(Cl)Cl. The monoisotopic (exact) mass is 253 g/mol. The number of para-hydroxylation sites is 2. The molecule has 0 amide bonds. The molecule has 0 aromatic heterocycles. The summed E-state index contributed by atoms with van der Waals surface area (Å²) >= 11 is 12.7. The van der Waals surface area contributed by atoms with E-state index in [1.165, 1.54) is 0 Å². The molecule has 1 aromatic rings. The fourth-order valence-electron chi connectivity index (χ4n) is 1.94. The number of fused-ring (bicyclic) bond motifs is 3. The Kier molecular flexibility index (Phi) is 2.03. The number of hydrogen-bond donors (Lipinski definition) is 0. The molecule has 0 bridgehead atoms. The number of halogens is 2. The Labute approximate surface area is 103 Å². The summed E-state index contributed by atoms with van der Waals surface area (Å²) in [6, 6.07) is 7.56. The maximum absolute atomic E-state index is 6.33. The lowest BCUT2D eigenvalue weighted by Crippen LogP contribution is -2.45. The minimum absolute atomic E-state index is 0.177. The van der Waals surface area contributed by atoms with E-state index in [2.05, 4.69) is 9.98 Å². The van der Waals surface area contributed by atoms with E-state index in [4.69, 9.17) is 23.2 Å². The van der Waals surface area contributed by atoms with Crippen molar-refractivity contribution in [3.8, 4) is 0 Å². The van der Waals surface area contributed by atoms with Gasteiger partial charge < -0.3 is 0 Å². The molecule has 1 atom stereocenters. The summed E-state index contributed by atoms with van der Waals surface area (Å²) in [5.74, 6) is 0.719. The number of aliphatic imine (C=N–C) groups is 2. The number of anilines is 1. The molecule has 0 spiro atoms. The van der Waals surface area contributed by atoms with Gasteiger partial charge in [0.05, 0.1) is 17.6 Å². The van der Waals surface area contributed by atoms with Crippen LogP contribution in [0.2, 0.25) is 0 Å². The van der Waals surface area contributed by atoms with Crippen molar-refractivity contribution in [2.45, 2.75) is 17.4 Å². The van der Waals surface area contributed by atoms with Gasteiger partial charge in [-0.05, 0) is 19.1 Å². The Morgan fingerprint density at radius 2 is 2.06 bits per heavy atom. The second-order valence-corrected chi connectivity index (χ2v) is 5.18. The fraction of sp³-hybridized carbons (Fsp3) is 0.273. The van der Waals surface area contributed by atoms with E-state index in [9.17, 15) is 0 Å². The average molecular weight is 254 g/mol. The summed E-state index contributed by atoms with van der Waals surface area (Å²) in [6.07, 6.45) is 1.70. The van der Waals surface area contributed by atoms with E-state index in [0.29, 0.717) is 0 Å². The van der Waals surface area contributed by atoms with Crippen molar-refractivity contribution in [1.29, 1.82) is 0 Å². The third-order valence-electron chi connectivity index (χ3n) is 2.80. The van der Waals surface area contributed by atoms with Crippen LogP contribution in [-0.4, -0.2) is 22.5 Å². The quantitative estimate of drug-likeness (QED) is 0.516. The standard InChI is InChI=1S/C11H9Cl2N3/c1-7-11(12,13)16-9-5-3-2-4-8(9)14-6-10(16)15-7/h2-7H,1H3. The van der Waals surface area contributed by atoms with Crippen LogP contribution < -0.4 is 4.90 Å². The van der Waals surface area contributed by atoms with Crippen LogP contribution in [0.5, 0.6) is 0 Å². The molecule has 0 fully saturated rings. The molecule has 3 nitrogen and oxygen atoms in total. The van der Waals surface area contributed by atoms with Crippen LogP contribution in [0.1, 0.15) is 6.92 Å². The van der Waals surface area contributed by atoms with Gasteiger partial charge in [0.15, 0.2) is 0 Å². The smallest absolute Gasteiger partial charge is 0.218 e. The van der Waals surface area contributed by atoms with Crippen LogP contribution >= 0.6 is 23.2 Å². The van der Waals surface area contributed by atoms with Crippen LogP contribution in [0.3, 0.4) is 0 Å². The van der Waals surface area contributed by atoms with Gasteiger partial charge in [-0.25, -0.2) is 0 Å². The van der Waals surface area contributed by atoms with Gasteiger partial charge in [-0.2, -0.15) is 0 Å². The minimum Gasteiger partial charge on any atom is -0.289 e. The predicted octanol–water partition coefficient (Wildman–Crippen LogP) is 3.14. The number of nitrogens with zero attached hydrogens (tertiary/aromatic N) is 3. The third kappa shape index (κ3) is 1.22. The lowest BCUT2D eigenvalue weighted by molar-refractivity contribution is 0.688. The molecule has 3 rings (SSSR count). The van der Waals surface area contributed by atoms with E-state index in [1.807, 2.05) is 36.1 Å². The Bertz CT molecular complexity index is 508. The van der Waals surface area contributed by atoms with Crippen LogP contribution in [0.15, 0.2) is 34.3 Å². The lowest BCUT2D eigenvalue weighted by atomic mass is 10.2. The first-order valence-corrected chi connectivity index (χ1v) is 5.75. The van der Waals surface area contributed by atoms with Gasteiger partial charge in [0.2, 0.25) is 4.46 Å². The molecular formula is C11H9Cl2N3. The molecular weight excluding hydrogens is 245 g/mol.